The fraction of sp³-hybridized carbons (Fsp3) is 0.462. The van der Waals surface area contributed by atoms with Crippen LogP contribution >= 0.6 is 0 Å². The van der Waals surface area contributed by atoms with E-state index in [0.717, 1.165) is 31.1 Å². The normalized spacial score (nSPS) is 10.2. The average Bonchev–Trinajstić information content (AvgIpc) is 2.26. The molecule has 0 saturated carbocycles. The van der Waals surface area contributed by atoms with Gasteiger partial charge in [0.2, 0.25) is 0 Å². The highest BCUT2D eigenvalue weighted by molar-refractivity contribution is 5.78. The van der Waals surface area contributed by atoms with E-state index in [2.05, 4.69) is 26.8 Å². The van der Waals surface area contributed by atoms with Crippen LogP contribution in [0.2, 0.25) is 0 Å². The molecule has 0 bridgehead atoms. The second kappa shape index (κ2) is 4.94. The first kappa shape index (κ1) is 11.0. The summed E-state index contributed by atoms with van der Waals surface area (Å²) in [6.07, 6.45) is 3.94. The Morgan fingerprint density at radius 1 is 1.07 bits per heavy atom. The molecule has 1 rings (SSSR count). The summed E-state index contributed by atoms with van der Waals surface area (Å²) >= 11 is 0. The molecule has 0 aliphatic heterocycles. The standard InChI is InChI=1S/C13H18O/c1-4-10-7-11(5-2)13(6-3)12(8-10)9-14/h7-9H,4-6H2,1-3H3. The lowest BCUT2D eigenvalue weighted by Crippen LogP contribution is -1.99. The molecule has 0 heterocycles. The summed E-state index contributed by atoms with van der Waals surface area (Å²) in [6, 6.07) is 4.25. The Kier molecular flexibility index (Phi) is 3.87. The van der Waals surface area contributed by atoms with Gasteiger partial charge in [0, 0.05) is 5.56 Å². The number of aldehydes is 1. The van der Waals surface area contributed by atoms with Crippen LogP contribution in [0.15, 0.2) is 12.1 Å². The molecule has 0 atom stereocenters. The van der Waals surface area contributed by atoms with E-state index in [-0.39, 0.29) is 0 Å². The first-order valence-corrected chi connectivity index (χ1v) is 5.36. The van der Waals surface area contributed by atoms with Crippen molar-refractivity contribution in [2.45, 2.75) is 40.0 Å². The first-order valence-electron chi connectivity index (χ1n) is 5.36. The van der Waals surface area contributed by atoms with Crippen LogP contribution in [-0.2, 0) is 19.3 Å². The Hall–Kier alpha value is -1.11. The molecule has 0 radical (unpaired) electrons. The predicted octanol–water partition coefficient (Wildman–Crippen LogP) is 3.19. The van der Waals surface area contributed by atoms with E-state index in [1.165, 1.54) is 16.7 Å². The summed E-state index contributed by atoms with van der Waals surface area (Å²) in [4.78, 5) is 10.9. The third kappa shape index (κ3) is 2.03. The van der Waals surface area contributed by atoms with Crippen molar-refractivity contribution >= 4 is 6.29 Å². The molecule has 0 spiro atoms. The number of carbonyl (C=O) groups excluding carboxylic acids is 1. The molecule has 0 aromatic heterocycles. The summed E-state index contributed by atoms with van der Waals surface area (Å²) in [6.45, 7) is 6.37. The van der Waals surface area contributed by atoms with Gasteiger partial charge >= 0.3 is 0 Å². The summed E-state index contributed by atoms with van der Waals surface area (Å²) in [5, 5.41) is 0. The highest BCUT2D eigenvalue weighted by atomic mass is 16.1. The van der Waals surface area contributed by atoms with Gasteiger partial charge in [-0.25, -0.2) is 0 Å². The van der Waals surface area contributed by atoms with Crippen LogP contribution in [0.3, 0.4) is 0 Å². The van der Waals surface area contributed by atoms with Crippen molar-refractivity contribution in [1.29, 1.82) is 0 Å². The van der Waals surface area contributed by atoms with Gasteiger partial charge in [-0.2, -0.15) is 0 Å². The second-order valence-corrected chi connectivity index (χ2v) is 3.50. The monoisotopic (exact) mass is 190 g/mol. The molecule has 76 valence electrons. The van der Waals surface area contributed by atoms with Crippen molar-refractivity contribution in [2.75, 3.05) is 0 Å². The summed E-state index contributed by atoms with van der Waals surface area (Å²) in [5.74, 6) is 0. The van der Waals surface area contributed by atoms with Crippen molar-refractivity contribution in [1.82, 2.24) is 0 Å². The molecule has 0 aliphatic carbocycles. The Balaban J connectivity index is 3.31. The predicted molar refractivity (Wildman–Crippen MR) is 60.0 cm³/mol. The maximum Gasteiger partial charge on any atom is 0.150 e. The van der Waals surface area contributed by atoms with Crippen LogP contribution in [0.1, 0.15) is 47.8 Å². The van der Waals surface area contributed by atoms with Gasteiger partial charge in [0.1, 0.15) is 6.29 Å². The molecular weight excluding hydrogens is 172 g/mol. The lowest BCUT2D eigenvalue weighted by atomic mass is 9.94. The van der Waals surface area contributed by atoms with Crippen LogP contribution in [0, 0.1) is 0 Å². The number of rotatable bonds is 4. The first-order chi connectivity index (χ1) is 6.76. The van der Waals surface area contributed by atoms with Crippen LogP contribution in [0.25, 0.3) is 0 Å². The molecule has 0 aliphatic rings. The molecule has 0 N–H and O–H groups in total. The van der Waals surface area contributed by atoms with Crippen molar-refractivity contribution in [3.63, 3.8) is 0 Å². The number of hydrogen-bond acceptors (Lipinski definition) is 1. The van der Waals surface area contributed by atoms with E-state index in [9.17, 15) is 4.79 Å². The maximum atomic E-state index is 10.9. The SMILES string of the molecule is CCc1cc(C=O)c(CC)c(CC)c1. The Bertz CT molecular complexity index is 326. The van der Waals surface area contributed by atoms with Crippen LogP contribution < -0.4 is 0 Å². The van der Waals surface area contributed by atoms with E-state index in [1.54, 1.807) is 0 Å². The van der Waals surface area contributed by atoms with Crippen LogP contribution in [0.5, 0.6) is 0 Å². The van der Waals surface area contributed by atoms with E-state index in [0.29, 0.717) is 0 Å². The zero-order chi connectivity index (χ0) is 10.6. The van der Waals surface area contributed by atoms with Gasteiger partial charge in [0.15, 0.2) is 0 Å². The van der Waals surface area contributed by atoms with Crippen LogP contribution in [0.4, 0.5) is 0 Å². The topological polar surface area (TPSA) is 17.1 Å². The van der Waals surface area contributed by atoms with Crippen molar-refractivity contribution in [2.24, 2.45) is 0 Å². The molecule has 14 heavy (non-hydrogen) atoms. The van der Waals surface area contributed by atoms with E-state index >= 15 is 0 Å². The third-order valence-corrected chi connectivity index (χ3v) is 2.71. The highest BCUT2D eigenvalue weighted by Gasteiger charge is 2.06. The van der Waals surface area contributed by atoms with Gasteiger partial charge < -0.3 is 0 Å². The molecule has 0 unspecified atom stereocenters. The zero-order valence-electron chi connectivity index (χ0n) is 9.26. The Morgan fingerprint density at radius 3 is 2.21 bits per heavy atom. The number of aryl methyl sites for hydroxylation is 2. The van der Waals surface area contributed by atoms with E-state index < -0.39 is 0 Å². The fourth-order valence-corrected chi connectivity index (χ4v) is 1.88. The lowest BCUT2D eigenvalue weighted by molar-refractivity contribution is 0.112. The largest absolute Gasteiger partial charge is 0.298 e. The van der Waals surface area contributed by atoms with Crippen molar-refractivity contribution < 1.29 is 4.79 Å². The lowest BCUT2D eigenvalue weighted by Gasteiger charge is -2.11. The third-order valence-electron chi connectivity index (χ3n) is 2.71. The fourth-order valence-electron chi connectivity index (χ4n) is 1.88. The molecule has 0 saturated heterocycles. The van der Waals surface area contributed by atoms with E-state index in [4.69, 9.17) is 0 Å². The van der Waals surface area contributed by atoms with Crippen molar-refractivity contribution in [3.8, 4) is 0 Å². The quantitative estimate of drug-likeness (QED) is 0.666. The summed E-state index contributed by atoms with van der Waals surface area (Å²) in [7, 11) is 0. The van der Waals surface area contributed by atoms with Crippen LogP contribution in [-0.4, -0.2) is 6.29 Å². The number of hydrogen-bond donors (Lipinski definition) is 0. The van der Waals surface area contributed by atoms with E-state index in [1.807, 2.05) is 6.07 Å². The Labute approximate surface area is 86.1 Å². The minimum atomic E-state index is 0.878. The molecule has 1 aromatic rings. The van der Waals surface area contributed by atoms with Gasteiger partial charge in [0.05, 0.1) is 0 Å². The average molecular weight is 190 g/mol. The number of carbonyl (C=O) groups is 1. The zero-order valence-corrected chi connectivity index (χ0v) is 9.26. The minimum absolute atomic E-state index is 0.878. The van der Waals surface area contributed by atoms with Gasteiger partial charge in [-0.05, 0) is 42.0 Å². The van der Waals surface area contributed by atoms with Gasteiger partial charge in [-0.1, -0.05) is 26.8 Å². The molecule has 1 heteroatoms. The second-order valence-electron chi connectivity index (χ2n) is 3.50. The highest BCUT2D eigenvalue weighted by Crippen LogP contribution is 2.18. The minimum Gasteiger partial charge on any atom is -0.298 e. The number of benzene rings is 1. The maximum absolute atomic E-state index is 10.9. The smallest absolute Gasteiger partial charge is 0.150 e. The van der Waals surface area contributed by atoms with Gasteiger partial charge in [0.25, 0.3) is 0 Å². The van der Waals surface area contributed by atoms with Crippen molar-refractivity contribution in [3.05, 3.63) is 34.4 Å². The Morgan fingerprint density at radius 2 is 1.79 bits per heavy atom. The summed E-state index contributed by atoms with van der Waals surface area (Å²) < 4.78 is 0. The molecule has 0 fully saturated rings. The van der Waals surface area contributed by atoms with Gasteiger partial charge in [-0.15, -0.1) is 0 Å². The molecule has 0 amide bonds. The summed E-state index contributed by atoms with van der Waals surface area (Å²) in [5.41, 5.74) is 4.69. The van der Waals surface area contributed by atoms with Gasteiger partial charge in [-0.3, -0.25) is 4.79 Å². The molecular formula is C13H18O. The molecule has 1 nitrogen and oxygen atoms in total. The molecule has 1 aromatic carbocycles.